The lowest BCUT2D eigenvalue weighted by Crippen LogP contribution is -2.34. The van der Waals surface area contributed by atoms with Gasteiger partial charge >= 0.3 is 0 Å². The quantitative estimate of drug-likeness (QED) is 0.536. The smallest absolute Gasteiger partial charge is 0.173 e. The lowest BCUT2D eigenvalue weighted by Gasteiger charge is -2.22. The highest BCUT2D eigenvalue weighted by Gasteiger charge is 2.17. The van der Waals surface area contributed by atoms with Crippen molar-refractivity contribution in [2.45, 2.75) is 38.3 Å². The largest absolute Gasteiger partial charge is 0.383 e. The van der Waals surface area contributed by atoms with Gasteiger partial charge in [-0.15, -0.1) is 11.3 Å². The molecule has 0 atom stereocenters. The lowest BCUT2D eigenvalue weighted by atomic mass is 10.0. The molecule has 3 N–H and O–H groups in total. The third kappa shape index (κ3) is 4.95. The molecule has 0 aliphatic carbocycles. The normalized spacial score (nSPS) is 15.1. The molecule has 29 heavy (non-hydrogen) atoms. The van der Waals surface area contributed by atoms with E-state index in [0.29, 0.717) is 36.3 Å². The number of aryl methyl sites for hydroxylation is 1. The zero-order valence-electron chi connectivity index (χ0n) is 16.1. The Morgan fingerprint density at radius 2 is 2.10 bits per heavy atom. The Hall–Kier alpha value is -1.99. The van der Waals surface area contributed by atoms with Crippen molar-refractivity contribution in [1.82, 2.24) is 10.3 Å². The average molecular weight is 430 g/mol. The minimum absolute atomic E-state index is 0.128. The Bertz CT molecular complexity index is 1010. The number of carbonyl (C=O) groups is 1. The van der Waals surface area contributed by atoms with Crippen LogP contribution >= 0.6 is 22.9 Å². The van der Waals surface area contributed by atoms with E-state index in [-0.39, 0.29) is 5.78 Å². The van der Waals surface area contributed by atoms with Gasteiger partial charge in [0, 0.05) is 48.7 Å². The second-order valence-corrected chi connectivity index (χ2v) is 8.87. The molecule has 4 rings (SSSR count). The number of hydrogen-bond acceptors (Lipinski definition) is 6. The van der Waals surface area contributed by atoms with E-state index in [1.54, 1.807) is 6.20 Å². The number of nitrogens with one attached hydrogen (secondary N) is 1. The summed E-state index contributed by atoms with van der Waals surface area (Å²) in [5, 5.41) is 6.19. The molecule has 0 radical (unpaired) electrons. The van der Waals surface area contributed by atoms with Gasteiger partial charge < -0.3 is 15.8 Å². The van der Waals surface area contributed by atoms with Crippen molar-refractivity contribution in [3.8, 4) is 0 Å². The van der Waals surface area contributed by atoms with E-state index < -0.39 is 0 Å². The van der Waals surface area contributed by atoms with E-state index >= 15 is 0 Å². The number of ether oxygens (including phenoxy) is 1. The van der Waals surface area contributed by atoms with Gasteiger partial charge in [0.15, 0.2) is 5.78 Å². The molecule has 0 saturated carbocycles. The number of thiophene rings is 1. The minimum Gasteiger partial charge on any atom is -0.383 e. The van der Waals surface area contributed by atoms with Gasteiger partial charge in [0.25, 0.3) is 0 Å². The molecular weight excluding hydrogens is 406 g/mol. The van der Waals surface area contributed by atoms with Crippen LogP contribution in [0, 0.1) is 0 Å². The molecule has 0 amide bonds. The number of ketones is 1. The van der Waals surface area contributed by atoms with Crippen LogP contribution < -0.4 is 11.1 Å². The molecule has 1 aromatic carbocycles. The van der Waals surface area contributed by atoms with Crippen LogP contribution in [0.4, 0.5) is 5.82 Å². The maximum Gasteiger partial charge on any atom is 0.173 e. The van der Waals surface area contributed by atoms with E-state index in [4.69, 9.17) is 22.1 Å². The molecule has 1 saturated heterocycles. The molecule has 1 fully saturated rings. The third-order valence-corrected chi connectivity index (χ3v) is 6.93. The predicted octanol–water partition coefficient (Wildman–Crippen LogP) is 4.62. The number of halogens is 1. The number of aromatic nitrogens is 1. The first-order chi connectivity index (χ1) is 14.1. The van der Waals surface area contributed by atoms with E-state index in [2.05, 4.69) is 16.4 Å². The summed E-state index contributed by atoms with van der Waals surface area (Å²) in [5.41, 5.74) is 7.02. The lowest BCUT2D eigenvalue weighted by molar-refractivity contribution is 0.0777. The number of hydrogen-bond donors (Lipinski definition) is 2. The maximum absolute atomic E-state index is 12.7. The minimum atomic E-state index is 0.128. The first kappa shape index (κ1) is 20.3. The van der Waals surface area contributed by atoms with Crippen LogP contribution in [-0.2, 0) is 17.7 Å². The van der Waals surface area contributed by atoms with Crippen LogP contribution in [0.25, 0.3) is 10.8 Å². The summed E-state index contributed by atoms with van der Waals surface area (Å²) in [6.07, 6.45) is 4.87. The zero-order chi connectivity index (χ0) is 20.2. The molecule has 152 valence electrons. The van der Waals surface area contributed by atoms with E-state index in [9.17, 15) is 4.79 Å². The summed E-state index contributed by atoms with van der Waals surface area (Å²) in [4.78, 5) is 18.6. The van der Waals surface area contributed by atoms with Crippen LogP contribution in [0.5, 0.6) is 0 Å². The van der Waals surface area contributed by atoms with Crippen molar-refractivity contribution in [3.05, 3.63) is 56.9 Å². The van der Waals surface area contributed by atoms with Crippen LogP contribution in [0.1, 0.15) is 39.4 Å². The maximum atomic E-state index is 12.7. The van der Waals surface area contributed by atoms with Crippen molar-refractivity contribution in [2.24, 2.45) is 0 Å². The third-order valence-electron chi connectivity index (χ3n) is 5.31. The molecule has 0 unspecified atom stereocenters. The summed E-state index contributed by atoms with van der Waals surface area (Å²) in [7, 11) is 0. The van der Waals surface area contributed by atoms with E-state index in [1.165, 1.54) is 11.3 Å². The summed E-state index contributed by atoms with van der Waals surface area (Å²) < 4.78 is 5.39. The number of nitrogens with two attached hydrogens (primary N) is 1. The van der Waals surface area contributed by atoms with Crippen molar-refractivity contribution in [3.63, 3.8) is 0 Å². The van der Waals surface area contributed by atoms with Crippen molar-refractivity contribution in [2.75, 3.05) is 18.9 Å². The molecule has 0 bridgehead atoms. The SMILES string of the molecule is Nc1nccc2cc(CCC(=O)c3cc(Cl)c(CNC4CCOCC4)s3)ccc12. The predicted molar refractivity (Wildman–Crippen MR) is 119 cm³/mol. The van der Waals surface area contributed by atoms with Gasteiger partial charge in [0.1, 0.15) is 5.82 Å². The van der Waals surface area contributed by atoms with Crippen LogP contribution in [0.2, 0.25) is 5.02 Å². The van der Waals surface area contributed by atoms with Gasteiger partial charge in [-0.3, -0.25) is 4.79 Å². The number of carbonyl (C=O) groups excluding carboxylic acids is 1. The molecule has 7 heteroatoms. The second kappa shape index (κ2) is 9.22. The van der Waals surface area contributed by atoms with Crippen molar-refractivity contribution >= 4 is 45.3 Å². The standard InChI is InChI=1S/C22H24ClN3O2S/c23-18-12-20(29-21(18)13-26-16-6-9-28-10-7-16)19(27)4-2-14-1-3-17-15(11-14)5-8-25-22(17)24/h1,3,5,8,11-12,16,26H,2,4,6-7,9-10,13H2,(H2,24,25). The Balaban J connectivity index is 1.36. The summed E-state index contributed by atoms with van der Waals surface area (Å²) >= 11 is 7.88. The molecule has 2 aromatic heterocycles. The number of benzene rings is 1. The number of nitrogen functional groups attached to an aromatic ring is 1. The van der Waals surface area contributed by atoms with Gasteiger partial charge in [-0.05, 0) is 42.3 Å². The van der Waals surface area contributed by atoms with Gasteiger partial charge in [-0.2, -0.15) is 0 Å². The highest BCUT2D eigenvalue weighted by Crippen LogP contribution is 2.29. The molecule has 0 spiro atoms. The van der Waals surface area contributed by atoms with Gasteiger partial charge in [-0.1, -0.05) is 29.8 Å². The Labute approximate surface area is 179 Å². The molecule has 5 nitrogen and oxygen atoms in total. The molecule has 3 heterocycles. The second-order valence-electron chi connectivity index (χ2n) is 7.32. The van der Waals surface area contributed by atoms with E-state index in [1.807, 2.05) is 24.3 Å². The Morgan fingerprint density at radius 3 is 2.93 bits per heavy atom. The van der Waals surface area contributed by atoms with Gasteiger partial charge in [-0.25, -0.2) is 4.98 Å². The topological polar surface area (TPSA) is 77.2 Å². The number of Topliss-reactive ketones (excluding diaryl/α,β-unsaturated/α-hetero) is 1. The van der Waals surface area contributed by atoms with Crippen LogP contribution in [0.3, 0.4) is 0 Å². The number of anilines is 1. The fraction of sp³-hybridized carbons (Fsp3) is 0.364. The van der Waals surface area contributed by atoms with Crippen LogP contribution in [0.15, 0.2) is 36.5 Å². The molecule has 1 aliphatic heterocycles. The molecule has 3 aromatic rings. The summed E-state index contributed by atoms with van der Waals surface area (Å²) in [6, 6.07) is 10.3. The number of rotatable bonds is 7. The fourth-order valence-corrected chi connectivity index (χ4v) is 4.92. The van der Waals surface area contributed by atoms with Gasteiger partial charge in [0.2, 0.25) is 0 Å². The van der Waals surface area contributed by atoms with Crippen molar-refractivity contribution < 1.29 is 9.53 Å². The monoisotopic (exact) mass is 429 g/mol. The highest BCUT2D eigenvalue weighted by atomic mass is 35.5. The van der Waals surface area contributed by atoms with Crippen LogP contribution in [-0.4, -0.2) is 30.0 Å². The Kier molecular flexibility index (Phi) is 6.45. The summed E-state index contributed by atoms with van der Waals surface area (Å²) in [6.45, 7) is 2.30. The summed E-state index contributed by atoms with van der Waals surface area (Å²) in [5.74, 6) is 0.656. The Morgan fingerprint density at radius 1 is 1.28 bits per heavy atom. The first-order valence-corrected chi connectivity index (χ1v) is 11.1. The number of fused-ring (bicyclic) bond motifs is 1. The number of nitrogens with zero attached hydrogens (tertiary/aromatic N) is 1. The molecular formula is C22H24ClN3O2S. The molecule has 1 aliphatic rings. The zero-order valence-corrected chi connectivity index (χ0v) is 17.7. The number of pyridine rings is 1. The van der Waals surface area contributed by atoms with Crippen molar-refractivity contribution in [1.29, 1.82) is 0 Å². The first-order valence-electron chi connectivity index (χ1n) is 9.86. The fourth-order valence-electron chi connectivity index (χ4n) is 3.59. The van der Waals surface area contributed by atoms with E-state index in [0.717, 1.165) is 52.1 Å². The highest BCUT2D eigenvalue weighted by molar-refractivity contribution is 7.14. The average Bonchev–Trinajstić information content (AvgIpc) is 3.12. The van der Waals surface area contributed by atoms with Gasteiger partial charge in [0.05, 0.1) is 9.90 Å².